The first-order valence-electron chi connectivity index (χ1n) is 5.91. The molecule has 0 unspecified atom stereocenters. The summed E-state index contributed by atoms with van der Waals surface area (Å²) >= 11 is 0. The molecule has 0 saturated carbocycles. The molecule has 0 saturated heterocycles. The van der Waals surface area contributed by atoms with Crippen molar-refractivity contribution in [2.24, 2.45) is 0 Å². The zero-order chi connectivity index (χ0) is 12.6. The number of fused-ring (bicyclic) bond motifs is 1. The lowest BCUT2D eigenvalue weighted by Gasteiger charge is -2.35. The van der Waals surface area contributed by atoms with Gasteiger partial charge in [-0.15, -0.1) is 0 Å². The van der Waals surface area contributed by atoms with Crippen molar-refractivity contribution in [1.82, 2.24) is 4.98 Å². The summed E-state index contributed by atoms with van der Waals surface area (Å²) in [5, 5.41) is 0. The zero-order valence-corrected chi connectivity index (χ0v) is 10.1. The largest absolute Gasteiger partial charge is 0.482 e. The average Bonchev–Trinajstić information content (AvgIpc) is 2.40. The van der Waals surface area contributed by atoms with Crippen LogP contribution >= 0.6 is 0 Å². The van der Waals surface area contributed by atoms with Crippen molar-refractivity contribution < 1.29 is 9.53 Å². The number of para-hydroxylation sites is 1. The minimum atomic E-state index is -0.625. The smallest absolute Gasteiger partial charge is 0.170 e. The Labute approximate surface area is 105 Å². The maximum Gasteiger partial charge on any atom is 0.170 e. The van der Waals surface area contributed by atoms with E-state index < -0.39 is 5.60 Å². The standard InChI is InChI=1S/C15H13NO2/c1-15(11-5-4-8-16-10-11)9-13(17)12-6-2-3-7-14(12)18-15/h2-8,10H,9H2,1H3/t15-/m1/s1. The third kappa shape index (κ3) is 1.68. The summed E-state index contributed by atoms with van der Waals surface area (Å²) in [5.41, 5.74) is 0.964. The highest BCUT2D eigenvalue weighted by Gasteiger charge is 2.37. The van der Waals surface area contributed by atoms with E-state index >= 15 is 0 Å². The van der Waals surface area contributed by atoms with Crippen molar-refractivity contribution in [2.75, 3.05) is 0 Å². The molecule has 0 N–H and O–H groups in total. The van der Waals surface area contributed by atoms with E-state index in [4.69, 9.17) is 4.74 Å². The molecule has 0 bridgehead atoms. The van der Waals surface area contributed by atoms with Gasteiger partial charge in [-0.2, -0.15) is 0 Å². The van der Waals surface area contributed by atoms with Gasteiger partial charge in [0.1, 0.15) is 11.4 Å². The van der Waals surface area contributed by atoms with Gasteiger partial charge in [-0.05, 0) is 25.1 Å². The van der Waals surface area contributed by atoms with E-state index in [1.54, 1.807) is 18.5 Å². The molecule has 18 heavy (non-hydrogen) atoms. The Morgan fingerprint density at radius 2 is 2.06 bits per heavy atom. The van der Waals surface area contributed by atoms with E-state index in [9.17, 15) is 4.79 Å². The molecule has 90 valence electrons. The van der Waals surface area contributed by atoms with E-state index in [2.05, 4.69) is 4.98 Å². The fourth-order valence-corrected chi connectivity index (χ4v) is 2.30. The van der Waals surface area contributed by atoms with E-state index in [0.717, 1.165) is 5.56 Å². The predicted molar refractivity (Wildman–Crippen MR) is 67.6 cm³/mol. The second-order valence-corrected chi connectivity index (χ2v) is 4.67. The van der Waals surface area contributed by atoms with Gasteiger partial charge in [0.05, 0.1) is 12.0 Å². The van der Waals surface area contributed by atoms with E-state index in [1.165, 1.54) is 0 Å². The number of aromatic nitrogens is 1. The van der Waals surface area contributed by atoms with Crippen molar-refractivity contribution in [3.05, 3.63) is 59.9 Å². The molecular weight excluding hydrogens is 226 g/mol. The summed E-state index contributed by atoms with van der Waals surface area (Å²) in [6.45, 7) is 1.93. The molecular formula is C15H13NO2. The lowest BCUT2D eigenvalue weighted by molar-refractivity contribution is 0.0502. The molecule has 0 fully saturated rings. The highest BCUT2D eigenvalue weighted by atomic mass is 16.5. The van der Waals surface area contributed by atoms with Gasteiger partial charge in [0.25, 0.3) is 0 Å². The van der Waals surface area contributed by atoms with Crippen molar-refractivity contribution in [2.45, 2.75) is 18.9 Å². The van der Waals surface area contributed by atoms with Crippen LogP contribution in [0.25, 0.3) is 0 Å². The summed E-state index contributed by atoms with van der Waals surface area (Å²) in [7, 11) is 0. The number of rotatable bonds is 1. The Kier molecular flexibility index (Phi) is 2.40. The molecule has 1 aliphatic heterocycles. The third-order valence-electron chi connectivity index (χ3n) is 3.29. The summed E-state index contributed by atoms with van der Waals surface area (Å²) in [6, 6.07) is 11.2. The molecule has 3 rings (SSSR count). The highest BCUT2D eigenvalue weighted by molar-refractivity contribution is 6.00. The maximum absolute atomic E-state index is 12.2. The van der Waals surface area contributed by atoms with E-state index in [1.807, 2.05) is 37.3 Å². The minimum absolute atomic E-state index is 0.114. The van der Waals surface area contributed by atoms with Crippen molar-refractivity contribution in [3.8, 4) is 5.75 Å². The van der Waals surface area contributed by atoms with E-state index in [-0.39, 0.29) is 5.78 Å². The molecule has 2 heterocycles. The lowest BCUT2D eigenvalue weighted by Crippen LogP contribution is -2.36. The number of hydrogen-bond donors (Lipinski definition) is 0. The second-order valence-electron chi connectivity index (χ2n) is 4.67. The third-order valence-corrected chi connectivity index (χ3v) is 3.29. The van der Waals surface area contributed by atoms with Gasteiger partial charge in [0.2, 0.25) is 0 Å². The molecule has 1 aromatic heterocycles. The van der Waals surface area contributed by atoms with Crippen LogP contribution in [-0.4, -0.2) is 10.8 Å². The monoisotopic (exact) mass is 239 g/mol. The summed E-state index contributed by atoms with van der Waals surface area (Å²) in [5.74, 6) is 0.767. The van der Waals surface area contributed by atoms with Gasteiger partial charge in [0.15, 0.2) is 5.78 Å². The minimum Gasteiger partial charge on any atom is -0.482 e. The van der Waals surface area contributed by atoms with Crippen molar-refractivity contribution in [3.63, 3.8) is 0 Å². The summed E-state index contributed by atoms with van der Waals surface area (Å²) < 4.78 is 6.02. The predicted octanol–water partition coefficient (Wildman–Crippen LogP) is 2.96. The van der Waals surface area contributed by atoms with Gasteiger partial charge in [-0.3, -0.25) is 9.78 Å². The molecule has 0 spiro atoms. The molecule has 2 aromatic rings. The molecule has 0 radical (unpaired) electrons. The molecule has 1 atom stereocenters. The van der Waals surface area contributed by atoms with Crippen LogP contribution in [0.2, 0.25) is 0 Å². The number of pyridine rings is 1. The summed E-state index contributed by atoms with van der Waals surface area (Å²) in [4.78, 5) is 16.3. The van der Waals surface area contributed by atoms with Crippen molar-refractivity contribution >= 4 is 5.78 Å². The zero-order valence-electron chi connectivity index (χ0n) is 10.1. The number of ketones is 1. The first kappa shape index (κ1) is 11.0. The van der Waals surface area contributed by atoms with Crippen LogP contribution in [0.15, 0.2) is 48.8 Å². The van der Waals surface area contributed by atoms with Gasteiger partial charge >= 0.3 is 0 Å². The maximum atomic E-state index is 12.2. The number of Topliss-reactive ketones (excluding diaryl/α,β-unsaturated/α-hetero) is 1. The number of carbonyl (C=O) groups excluding carboxylic acids is 1. The van der Waals surface area contributed by atoms with Crippen LogP contribution in [0.4, 0.5) is 0 Å². The first-order chi connectivity index (χ1) is 8.69. The number of benzene rings is 1. The Bertz CT molecular complexity index is 594. The van der Waals surface area contributed by atoms with Gasteiger partial charge < -0.3 is 4.74 Å². The van der Waals surface area contributed by atoms with Crippen LogP contribution in [-0.2, 0) is 5.60 Å². The molecule has 1 aliphatic rings. The highest BCUT2D eigenvalue weighted by Crippen LogP contribution is 2.38. The number of carbonyl (C=O) groups is 1. The fourth-order valence-electron chi connectivity index (χ4n) is 2.30. The van der Waals surface area contributed by atoms with Crippen LogP contribution in [0.5, 0.6) is 5.75 Å². The fraction of sp³-hybridized carbons (Fsp3) is 0.200. The Balaban J connectivity index is 2.06. The lowest BCUT2D eigenvalue weighted by atomic mass is 9.86. The number of nitrogens with zero attached hydrogens (tertiary/aromatic N) is 1. The number of hydrogen-bond acceptors (Lipinski definition) is 3. The van der Waals surface area contributed by atoms with Crippen molar-refractivity contribution in [1.29, 1.82) is 0 Å². The molecule has 0 amide bonds. The van der Waals surface area contributed by atoms with Crippen LogP contribution in [0, 0.1) is 0 Å². The molecule has 1 aromatic carbocycles. The molecule has 0 aliphatic carbocycles. The van der Waals surface area contributed by atoms with Gasteiger partial charge in [-0.25, -0.2) is 0 Å². The van der Waals surface area contributed by atoms with Crippen LogP contribution in [0.1, 0.15) is 29.3 Å². The van der Waals surface area contributed by atoms with E-state index in [0.29, 0.717) is 17.7 Å². The quantitative estimate of drug-likeness (QED) is 0.768. The topological polar surface area (TPSA) is 39.2 Å². The molecule has 3 nitrogen and oxygen atoms in total. The average molecular weight is 239 g/mol. The van der Waals surface area contributed by atoms with Gasteiger partial charge in [0, 0.05) is 18.0 Å². The second kappa shape index (κ2) is 3.95. The summed E-state index contributed by atoms with van der Waals surface area (Å²) in [6.07, 6.45) is 3.81. The Hall–Kier alpha value is -2.16. The number of ether oxygens (including phenoxy) is 1. The Morgan fingerprint density at radius 3 is 2.83 bits per heavy atom. The van der Waals surface area contributed by atoms with Gasteiger partial charge in [-0.1, -0.05) is 18.2 Å². The van der Waals surface area contributed by atoms with Crippen LogP contribution < -0.4 is 4.74 Å². The Morgan fingerprint density at radius 1 is 1.22 bits per heavy atom. The normalized spacial score (nSPS) is 22.2. The van der Waals surface area contributed by atoms with Crippen LogP contribution in [0.3, 0.4) is 0 Å². The molecule has 3 heteroatoms. The first-order valence-corrected chi connectivity index (χ1v) is 5.91. The SMILES string of the molecule is C[C@]1(c2cccnc2)CC(=O)c2ccccc2O1.